The van der Waals surface area contributed by atoms with Crippen LogP contribution in [-0.4, -0.2) is 9.13 Å². The fourth-order valence-corrected chi connectivity index (χ4v) is 7.14. The van der Waals surface area contributed by atoms with Crippen molar-refractivity contribution in [1.29, 1.82) is 5.26 Å². The molecule has 2 aromatic heterocycles. The van der Waals surface area contributed by atoms with E-state index >= 15 is 0 Å². The zero-order valence-electron chi connectivity index (χ0n) is 25.3. The first-order chi connectivity index (χ1) is 21.4. The van der Waals surface area contributed by atoms with Gasteiger partial charge < -0.3 is 9.13 Å². The van der Waals surface area contributed by atoms with Crippen LogP contribution >= 0.6 is 0 Å². The highest BCUT2D eigenvalue weighted by atomic mass is 15.0. The van der Waals surface area contributed by atoms with Gasteiger partial charge in [-0.1, -0.05) is 89.0 Å². The van der Waals surface area contributed by atoms with Gasteiger partial charge in [0, 0.05) is 27.1 Å². The summed E-state index contributed by atoms with van der Waals surface area (Å²) in [5.41, 5.74) is 14.2. The number of aryl methyl sites for hydroxylation is 4. The van der Waals surface area contributed by atoms with E-state index in [0.29, 0.717) is 5.56 Å². The Bertz CT molecular complexity index is 2340. The van der Waals surface area contributed by atoms with Crippen molar-refractivity contribution in [2.75, 3.05) is 0 Å². The first-order valence-corrected chi connectivity index (χ1v) is 15.1. The molecule has 0 saturated carbocycles. The van der Waals surface area contributed by atoms with Crippen LogP contribution in [-0.2, 0) is 0 Å². The lowest BCUT2D eigenvalue weighted by molar-refractivity contribution is 1.13. The third kappa shape index (κ3) is 3.88. The minimum atomic E-state index is 0.624. The van der Waals surface area contributed by atoms with Gasteiger partial charge in [-0.25, -0.2) is 0 Å². The smallest absolute Gasteiger partial charge is 0.0993 e. The normalized spacial score (nSPS) is 11.6. The first-order valence-electron chi connectivity index (χ1n) is 15.1. The number of fused-ring (bicyclic) bond motifs is 6. The zero-order chi connectivity index (χ0) is 30.1. The van der Waals surface area contributed by atoms with Crippen LogP contribution in [0.25, 0.3) is 66.1 Å². The van der Waals surface area contributed by atoms with Crippen molar-refractivity contribution >= 4 is 43.6 Å². The molecule has 0 radical (unpaired) electrons. The van der Waals surface area contributed by atoms with E-state index in [4.69, 9.17) is 0 Å². The van der Waals surface area contributed by atoms with Crippen LogP contribution in [0.2, 0.25) is 0 Å². The number of benzene rings is 6. The minimum absolute atomic E-state index is 0.624. The van der Waals surface area contributed by atoms with Crippen LogP contribution in [0.5, 0.6) is 0 Å². The third-order valence-corrected chi connectivity index (χ3v) is 8.87. The summed E-state index contributed by atoms with van der Waals surface area (Å²) in [5, 5.41) is 15.3. The predicted octanol–water partition coefficient (Wildman–Crippen LogP) is 10.7. The molecule has 8 rings (SSSR count). The van der Waals surface area contributed by atoms with Gasteiger partial charge in [-0.2, -0.15) is 5.26 Å². The molecular weight excluding hydrogens is 534 g/mol. The van der Waals surface area contributed by atoms with Gasteiger partial charge in [-0.15, -0.1) is 0 Å². The van der Waals surface area contributed by atoms with Crippen LogP contribution in [0, 0.1) is 39.0 Å². The molecule has 0 saturated heterocycles. The molecule has 0 unspecified atom stereocenters. The van der Waals surface area contributed by atoms with E-state index in [1.807, 2.05) is 0 Å². The highest BCUT2D eigenvalue weighted by molar-refractivity contribution is 6.12. The van der Waals surface area contributed by atoms with Gasteiger partial charge in [-0.3, -0.25) is 0 Å². The fourth-order valence-electron chi connectivity index (χ4n) is 7.14. The number of nitriles is 1. The summed E-state index contributed by atoms with van der Waals surface area (Å²) >= 11 is 0. The molecule has 0 aliphatic rings. The Morgan fingerprint density at radius 3 is 1.39 bits per heavy atom. The van der Waals surface area contributed by atoms with Crippen LogP contribution in [0.3, 0.4) is 0 Å². The van der Waals surface area contributed by atoms with E-state index in [1.54, 1.807) is 0 Å². The van der Waals surface area contributed by atoms with Crippen LogP contribution in [0.15, 0.2) is 115 Å². The molecule has 0 aliphatic carbocycles. The van der Waals surface area contributed by atoms with Crippen molar-refractivity contribution in [2.24, 2.45) is 0 Å². The number of hydrogen-bond acceptors (Lipinski definition) is 1. The average Bonchev–Trinajstić information content (AvgIpc) is 3.52. The molecule has 0 spiro atoms. The maximum Gasteiger partial charge on any atom is 0.0993 e. The predicted molar refractivity (Wildman–Crippen MR) is 184 cm³/mol. The highest BCUT2D eigenvalue weighted by Crippen LogP contribution is 2.43. The number of nitrogens with zero attached hydrogens (tertiary/aromatic N) is 3. The van der Waals surface area contributed by atoms with Gasteiger partial charge in [0.1, 0.15) is 0 Å². The van der Waals surface area contributed by atoms with E-state index < -0.39 is 0 Å². The number of aromatic nitrogens is 2. The lowest BCUT2D eigenvalue weighted by Gasteiger charge is -2.21. The van der Waals surface area contributed by atoms with Crippen LogP contribution in [0.1, 0.15) is 27.8 Å². The molecular formula is C41H31N3. The molecule has 2 heterocycles. The average molecular weight is 566 g/mol. The van der Waals surface area contributed by atoms with Crippen molar-refractivity contribution in [1.82, 2.24) is 9.13 Å². The van der Waals surface area contributed by atoms with Gasteiger partial charge in [-0.05, 0) is 81.8 Å². The molecule has 8 aromatic rings. The van der Waals surface area contributed by atoms with Crippen LogP contribution < -0.4 is 0 Å². The van der Waals surface area contributed by atoms with Gasteiger partial charge in [0.15, 0.2) is 0 Å². The SMILES string of the molecule is Cc1cc(C)cc(-c2c(-n3c4ccccc4c4cc(C)ccc43)cc(C#N)cc2-n2c3ccccc3c3cc(C)ccc32)c1. The third-order valence-electron chi connectivity index (χ3n) is 8.87. The van der Waals surface area contributed by atoms with E-state index in [0.717, 1.165) is 44.6 Å². The summed E-state index contributed by atoms with van der Waals surface area (Å²) in [7, 11) is 0. The van der Waals surface area contributed by atoms with Crippen molar-refractivity contribution in [3.05, 3.63) is 143 Å². The van der Waals surface area contributed by atoms with E-state index in [2.05, 4.69) is 158 Å². The molecule has 210 valence electrons. The summed E-state index contributed by atoms with van der Waals surface area (Å²) in [6, 6.07) is 44.0. The number of hydrogen-bond donors (Lipinski definition) is 0. The van der Waals surface area contributed by atoms with Crippen molar-refractivity contribution < 1.29 is 0 Å². The monoisotopic (exact) mass is 565 g/mol. The summed E-state index contributed by atoms with van der Waals surface area (Å²) in [6.07, 6.45) is 0. The molecule has 0 N–H and O–H groups in total. The van der Waals surface area contributed by atoms with Crippen molar-refractivity contribution in [3.8, 4) is 28.6 Å². The highest BCUT2D eigenvalue weighted by Gasteiger charge is 2.23. The van der Waals surface area contributed by atoms with Crippen LogP contribution in [0.4, 0.5) is 0 Å². The maximum atomic E-state index is 10.5. The summed E-state index contributed by atoms with van der Waals surface area (Å²) < 4.78 is 4.72. The zero-order valence-corrected chi connectivity index (χ0v) is 25.3. The molecule has 3 nitrogen and oxygen atoms in total. The number of rotatable bonds is 3. The maximum absolute atomic E-state index is 10.5. The lowest BCUT2D eigenvalue weighted by atomic mass is 9.95. The largest absolute Gasteiger partial charge is 0.308 e. The van der Waals surface area contributed by atoms with E-state index in [-0.39, 0.29) is 0 Å². The Labute approximate surface area is 256 Å². The Morgan fingerprint density at radius 1 is 0.455 bits per heavy atom. The summed E-state index contributed by atoms with van der Waals surface area (Å²) in [6.45, 7) is 8.60. The Hall–Kier alpha value is -5.59. The van der Waals surface area contributed by atoms with Gasteiger partial charge in [0.2, 0.25) is 0 Å². The second-order valence-electron chi connectivity index (χ2n) is 12.1. The Balaban J connectivity index is 1.62. The van der Waals surface area contributed by atoms with E-state index in [1.165, 1.54) is 43.8 Å². The molecule has 44 heavy (non-hydrogen) atoms. The topological polar surface area (TPSA) is 33.6 Å². The van der Waals surface area contributed by atoms with Gasteiger partial charge >= 0.3 is 0 Å². The van der Waals surface area contributed by atoms with Gasteiger partial charge in [0.05, 0.1) is 45.1 Å². The molecule has 6 aromatic carbocycles. The van der Waals surface area contributed by atoms with Gasteiger partial charge in [0.25, 0.3) is 0 Å². The summed E-state index contributed by atoms with van der Waals surface area (Å²) in [4.78, 5) is 0. The lowest BCUT2D eigenvalue weighted by Crippen LogP contribution is -2.05. The Morgan fingerprint density at radius 2 is 0.909 bits per heavy atom. The Kier molecular flexibility index (Phi) is 5.76. The van der Waals surface area contributed by atoms with E-state index in [9.17, 15) is 5.26 Å². The second kappa shape index (κ2) is 9.73. The van der Waals surface area contributed by atoms with Crippen molar-refractivity contribution in [3.63, 3.8) is 0 Å². The molecule has 0 atom stereocenters. The standard InChI is InChI=1S/C41H31N3/c1-25-13-15-37-33(20-25)31-9-5-7-11-35(31)43(37)39-22-29(24-42)23-40(41(39)30-18-27(3)17-28(4)19-30)44-36-12-8-6-10-32(36)34-21-26(2)14-16-38(34)44/h5-23H,1-4H3. The minimum Gasteiger partial charge on any atom is -0.308 e. The van der Waals surface area contributed by atoms with Crippen molar-refractivity contribution in [2.45, 2.75) is 27.7 Å². The molecule has 0 amide bonds. The molecule has 0 aliphatic heterocycles. The quantitative estimate of drug-likeness (QED) is 0.210. The fraction of sp³-hybridized carbons (Fsp3) is 0.0976. The summed E-state index contributed by atoms with van der Waals surface area (Å²) in [5.74, 6) is 0. The number of para-hydroxylation sites is 2. The first kappa shape index (κ1) is 26.1. The molecule has 0 bridgehead atoms. The molecule has 3 heteroatoms. The molecule has 0 fully saturated rings. The second-order valence-corrected chi connectivity index (χ2v) is 12.1.